The molecule has 1 unspecified atom stereocenters. The Hall–Kier alpha value is -0.570. The monoisotopic (exact) mass is 230 g/mol. The zero-order chi connectivity index (χ0) is 12.6. The number of hydrogen-bond donors (Lipinski definition) is 0. The second-order valence-electron chi connectivity index (χ2n) is 4.95. The number of hydrogen-bond acceptors (Lipinski definition) is 3. The van der Waals surface area contributed by atoms with Gasteiger partial charge in [0.1, 0.15) is 6.10 Å². The van der Waals surface area contributed by atoms with Crippen molar-refractivity contribution in [3.05, 3.63) is 0 Å². The van der Waals surface area contributed by atoms with Crippen LogP contribution in [0.5, 0.6) is 0 Å². The Morgan fingerprint density at radius 1 is 1.31 bits per heavy atom. The molecule has 0 fully saturated rings. The Bertz CT molecular complexity index is 199. The minimum Gasteiger partial charge on any atom is -0.460 e. The van der Waals surface area contributed by atoms with Gasteiger partial charge in [-0.25, -0.2) is 0 Å². The molecule has 0 aliphatic heterocycles. The van der Waals surface area contributed by atoms with Crippen LogP contribution in [0.25, 0.3) is 0 Å². The number of carbonyl (C=O) groups is 1. The van der Waals surface area contributed by atoms with E-state index >= 15 is 0 Å². The van der Waals surface area contributed by atoms with Crippen LogP contribution in [0, 0.1) is 0 Å². The van der Waals surface area contributed by atoms with E-state index in [0.29, 0.717) is 6.61 Å². The number of carbonyl (C=O) groups excluding carboxylic acids is 1. The summed E-state index contributed by atoms with van der Waals surface area (Å²) < 4.78 is 10.8. The van der Waals surface area contributed by atoms with Crippen molar-refractivity contribution in [3.63, 3.8) is 0 Å². The highest BCUT2D eigenvalue weighted by Gasteiger charge is 2.19. The van der Waals surface area contributed by atoms with Gasteiger partial charge in [0.15, 0.2) is 0 Å². The van der Waals surface area contributed by atoms with E-state index in [1.807, 2.05) is 6.92 Å². The van der Waals surface area contributed by atoms with Crippen LogP contribution in [0.4, 0.5) is 0 Å². The molecule has 0 rings (SSSR count). The van der Waals surface area contributed by atoms with E-state index in [1.165, 1.54) is 26.2 Å². The molecule has 0 bridgehead atoms. The molecule has 0 aliphatic carbocycles. The van der Waals surface area contributed by atoms with Gasteiger partial charge in [0.2, 0.25) is 0 Å². The molecule has 0 aromatic heterocycles. The summed E-state index contributed by atoms with van der Waals surface area (Å²) in [6, 6.07) is 0. The van der Waals surface area contributed by atoms with Crippen LogP contribution in [0.2, 0.25) is 0 Å². The van der Waals surface area contributed by atoms with Crippen LogP contribution in [0.3, 0.4) is 0 Å². The van der Waals surface area contributed by atoms with Crippen LogP contribution < -0.4 is 0 Å². The highest BCUT2D eigenvalue weighted by atomic mass is 16.6. The minimum atomic E-state index is -0.250. The summed E-state index contributed by atoms with van der Waals surface area (Å²) in [6.07, 6.45) is 4.54. The lowest BCUT2D eigenvalue weighted by molar-refractivity contribution is -0.152. The topological polar surface area (TPSA) is 35.5 Å². The summed E-state index contributed by atoms with van der Waals surface area (Å²) in [6.45, 7) is 10.1. The first-order chi connectivity index (χ1) is 7.37. The van der Waals surface area contributed by atoms with Crippen LogP contribution >= 0.6 is 0 Å². The molecule has 0 radical (unpaired) electrons. The zero-order valence-corrected chi connectivity index (χ0v) is 11.3. The third-order valence-corrected chi connectivity index (χ3v) is 2.46. The molecule has 16 heavy (non-hydrogen) atoms. The fraction of sp³-hybridized carbons (Fsp3) is 0.923. The number of esters is 1. The molecule has 0 N–H and O–H groups in total. The van der Waals surface area contributed by atoms with Gasteiger partial charge >= 0.3 is 5.97 Å². The van der Waals surface area contributed by atoms with Gasteiger partial charge in [-0.15, -0.1) is 0 Å². The third kappa shape index (κ3) is 8.72. The van der Waals surface area contributed by atoms with Gasteiger partial charge in [0, 0.05) is 6.92 Å². The maximum Gasteiger partial charge on any atom is 0.302 e. The molecular formula is C13H26O3. The quantitative estimate of drug-likeness (QED) is 0.474. The van der Waals surface area contributed by atoms with Crippen molar-refractivity contribution in [1.29, 1.82) is 0 Å². The van der Waals surface area contributed by atoms with Crippen LogP contribution in [0.15, 0.2) is 0 Å². The molecule has 3 heteroatoms. The lowest BCUT2D eigenvalue weighted by Gasteiger charge is -2.27. The molecule has 0 spiro atoms. The van der Waals surface area contributed by atoms with Gasteiger partial charge in [-0.3, -0.25) is 4.79 Å². The lowest BCUT2D eigenvalue weighted by atomic mass is 10.0. The Morgan fingerprint density at radius 3 is 2.44 bits per heavy atom. The van der Waals surface area contributed by atoms with Gasteiger partial charge in [-0.2, -0.15) is 0 Å². The van der Waals surface area contributed by atoms with Crippen LogP contribution in [-0.2, 0) is 14.3 Å². The molecule has 3 nitrogen and oxygen atoms in total. The summed E-state index contributed by atoms with van der Waals surface area (Å²) in [7, 11) is 0. The Kier molecular flexibility index (Phi) is 7.39. The van der Waals surface area contributed by atoms with Crippen molar-refractivity contribution < 1.29 is 14.3 Å². The van der Waals surface area contributed by atoms with Gasteiger partial charge in [-0.1, -0.05) is 26.2 Å². The lowest BCUT2D eigenvalue weighted by Crippen LogP contribution is -2.30. The largest absolute Gasteiger partial charge is 0.460 e. The van der Waals surface area contributed by atoms with Crippen LogP contribution in [-0.4, -0.2) is 24.3 Å². The Balaban J connectivity index is 3.75. The first-order valence-electron chi connectivity index (χ1n) is 6.18. The predicted molar refractivity (Wildman–Crippen MR) is 65.4 cm³/mol. The summed E-state index contributed by atoms with van der Waals surface area (Å²) in [5.74, 6) is -0.250. The van der Waals surface area contributed by atoms with Crippen molar-refractivity contribution in [3.8, 4) is 0 Å². The number of unbranched alkanes of at least 4 members (excludes halogenated alkanes) is 2. The second-order valence-corrected chi connectivity index (χ2v) is 4.95. The van der Waals surface area contributed by atoms with Crippen molar-refractivity contribution in [1.82, 2.24) is 0 Å². The van der Waals surface area contributed by atoms with E-state index in [4.69, 9.17) is 9.47 Å². The van der Waals surface area contributed by atoms with E-state index in [9.17, 15) is 4.79 Å². The van der Waals surface area contributed by atoms with E-state index in [-0.39, 0.29) is 17.7 Å². The third-order valence-electron chi connectivity index (χ3n) is 2.46. The fourth-order valence-corrected chi connectivity index (χ4v) is 1.53. The molecule has 0 saturated carbocycles. The van der Waals surface area contributed by atoms with Crippen molar-refractivity contribution in [2.75, 3.05) is 6.61 Å². The first kappa shape index (κ1) is 15.4. The van der Waals surface area contributed by atoms with Gasteiger partial charge < -0.3 is 9.47 Å². The maximum atomic E-state index is 10.7. The van der Waals surface area contributed by atoms with Crippen molar-refractivity contribution >= 4 is 5.97 Å². The SMILES string of the molecule is CCCCCC(C)(C)OCC(C)OC(C)=O. The number of rotatable bonds is 8. The van der Waals surface area contributed by atoms with Crippen molar-refractivity contribution in [2.24, 2.45) is 0 Å². The van der Waals surface area contributed by atoms with E-state index in [1.54, 1.807) is 0 Å². The van der Waals surface area contributed by atoms with E-state index in [0.717, 1.165) is 6.42 Å². The molecular weight excluding hydrogens is 204 g/mol. The maximum absolute atomic E-state index is 10.7. The normalized spacial score (nSPS) is 13.6. The van der Waals surface area contributed by atoms with Gasteiger partial charge in [-0.05, 0) is 27.2 Å². The first-order valence-corrected chi connectivity index (χ1v) is 6.18. The Labute approximate surface area is 99.5 Å². The molecule has 1 atom stereocenters. The number of ether oxygens (including phenoxy) is 2. The Morgan fingerprint density at radius 2 is 1.94 bits per heavy atom. The zero-order valence-electron chi connectivity index (χ0n) is 11.3. The summed E-state index contributed by atoms with van der Waals surface area (Å²) in [5, 5.41) is 0. The minimum absolute atomic E-state index is 0.121. The molecule has 0 aromatic rings. The standard InChI is InChI=1S/C13H26O3/c1-6-7-8-9-13(4,5)15-10-11(2)16-12(3)14/h11H,6-10H2,1-5H3. The highest BCUT2D eigenvalue weighted by Crippen LogP contribution is 2.19. The molecule has 0 amide bonds. The smallest absolute Gasteiger partial charge is 0.302 e. The highest BCUT2D eigenvalue weighted by molar-refractivity contribution is 5.66. The van der Waals surface area contributed by atoms with Crippen LogP contribution in [0.1, 0.15) is 60.3 Å². The molecule has 0 aliphatic rings. The molecule has 96 valence electrons. The van der Waals surface area contributed by atoms with Crippen molar-refractivity contribution in [2.45, 2.75) is 72.0 Å². The molecule has 0 saturated heterocycles. The predicted octanol–water partition coefficient (Wildman–Crippen LogP) is 3.31. The van der Waals surface area contributed by atoms with Gasteiger partial charge in [0.05, 0.1) is 12.2 Å². The average Bonchev–Trinajstić information content (AvgIpc) is 2.14. The van der Waals surface area contributed by atoms with E-state index < -0.39 is 0 Å². The summed E-state index contributed by atoms with van der Waals surface area (Å²) in [4.78, 5) is 10.7. The second kappa shape index (κ2) is 7.66. The molecule has 0 aromatic carbocycles. The van der Waals surface area contributed by atoms with Gasteiger partial charge in [0.25, 0.3) is 0 Å². The van der Waals surface area contributed by atoms with E-state index in [2.05, 4.69) is 20.8 Å². The summed E-state index contributed by atoms with van der Waals surface area (Å²) >= 11 is 0. The summed E-state index contributed by atoms with van der Waals surface area (Å²) in [5.41, 5.74) is -0.121. The fourth-order valence-electron chi connectivity index (χ4n) is 1.53. The molecule has 0 heterocycles. The average molecular weight is 230 g/mol.